The van der Waals surface area contributed by atoms with Crippen LogP contribution in [-0.2, 0) is 41.7 Å². The summed E-state index contributed by atoms with van der Waals surface area (Å²) < 4.78 is 5.12. The van der Waals surface area contributed by atoms with Gasteiger partial charge in [0, 0.05) is 13.0 Å². The van der Waals surface area contributed by atoms with E-state index < -0.39 is 54.0 Å². The first-order chi connectivity index (χ1) is 23.0. The van der Waals surface area contributed by atoms with Gasteiger partial charge in [0.2, 0.25) is 24.1 Å². The van der Waals surface area contributed by atoms with Gasteiger partial charge < -0.3 is 36.4 Å². The molecule has 0 fully saturated rings. The molecule has 0 aliphatic rings. The fraction of sp³-hybridized carbons (Fsp3) is 0.471. The molecular formula is C34H47N5O8S. The van der Waals surface area contributed by atoms with Gasteiger partial charge >= 0.3 is 12.1 Å². The Morgan fingerprint density at radius 3 is 1.98 bits per heavy atom. The van der Waals surface area contributed by atoms with E-state index in [1.165, 1.54) is 11.8 Å². The summed E-state index contributed by atoms with van der Waals surface area (Å²) in [5.41, 5.74) is 1.54. The summed E-state index contributed by atoms with van der Waals surface area (Å²) in [6, 6.07) is 14.0. The minimum atomic E-state index is -1.25. The lowest BCUT2D eigenvalue weighted by atomic mass is 10.0. The summed E-state index contributed by atoms with van der Waals surface area (Å²) in [7, 11) is 0. The molecule has 0 spiro atoms. The second-order valence-electron chi connectivity index (χ2n) is 11.6. The number of carbonyl (C=O) groups excluding carboxylic acids is 5. The van der Waals surface area contributed by atoms with Crippen molar-refractivity contribution in [3.8, 4) is 0 Å². The maximum atomic E-state index is 13.5. The molecule has 0 unspecified atom stereocenters. The number of alkyl carbamates (subject to hydrolysis) is 1. The molecule has 48 heavy (non-hydrogen) atoms. The van der Waals surface area contributed by atoms with E-state index >= 15 is 0 Å². The number of ether oxygens (including phenoxy) is 1. The average Bonchev–Trinajstić information content (AvgIpc) is 3.06. The topological polar surface area (TPSA) is 192 Å². The zero-order valence-electron chi connectivity index (χ0n) is 27.6. The number of aliphatic carboxylic acids is 1. The fourth-order valence-corrected chi connectivity index (χ4v) is 5.19. The van der Waals surface area contributed by atoms with Crippen molar-refractivity contribution in [3.63, 3.8) is 0 Å². The fourth-order valence-electron chi connectivity index (χ4n) is 4.72. The van der Waals surface area contributed by atoms with Crippen LogP contribution in [0, 0.1) is 5.92 Å². The number of hydrogen-bond acceptors (Lipinski definition) is 8. The van der Waals surface area contributed by atoms with E-state index in [2.05, 4.69) is 26.6 Å². The van der Waals surface area contributed by atoms with Gasteiger partial charge in [-0.1, -0.05) is 74.5 Å². The van der Waals surface area contributed by atoms with Crippen LogP contribution in [0.2, 0.25) is 0 Å². The van der Waals surface area contributed by atoms with Crippen LogP contribution in [0.3, 0.4) is 0 Å². The first-order valence-electron chi connectivity index (χ1n) is 15.8. The maximum absolute atomic E-state index is 13.5. The summed E-state index contributed by atoms with van der Waals surface area (Å²) in [6.45, 7) is 3.86. The Morgan fingerprint density at radius 1 is 0.792 bits per heavy atom. The first-order valence-corrected chi connectivity index (χ1v) is 17.2. The van der Waals surface area contributed by atoms with Crippen LogP contribution in [0.5, 0.6) is 0 Å². The van der Waals surface area contributed by atoms with Crippen molar-refractivity contribution in [1.82, 2.24) is 26.6 Å². The van der Waals surface area contributed by atoms with Crippen molar-refractivity contribution < 1.29 is 38.6 Å². The molecule has 2 aromatic rings. The minimum Gasteiger partial charge on any atom is -0.480 e. The standard InChI is InChI=1S/C34H47N5O8S/c1-23(2)19-28(37-31(42)26(36-22-40)16-18-48-3)32(43)38-29(20-24-11-6-4-7-12-24)30(41)35-17-10-15-27(33(44)45)39-34(46)47-21-25-13-8-5-9-14-25/h4-9,11-14,22-23,26-29H,10,15-21H2,1-3H3,(H,35,41)(H,36,40)(H,37,42)(H,38,43)(H,39,46)(H,44,45)/t26-,27-,28-,29-/m0/s1. The van der Waals surface area contributed by atoms with E-state index in [0.717, 1.165) is 11.1 Å². The van der Waals surface area contributed by atoms with Crippen LogP contribution < -0.4 is 26.6 Å². The highest BCUT2D eigenvalue weighted by molar-refractivity contribution is 7.98. The Morgan fingerprint density at radius 2 is 1.40 bits per heavy atom. The van der Waals surface area contributed by atoms with Crippen LogP contribution in [0.15, 0.2) is 60.7 Å². The Labute approximate surface area is 285 Å². The van der Waals surface area contributed by atoms with Gasteiger partial charge in [-0.25, -0.2) is 9.59 Å². The largest absolute Gasteiger partial charge is 0.480 e. The number of carboxylic acid groups (broad SMARTS) is 1. The van der Waals surface area contributed by atoms with E-state index in [1.54, 1.807) is 24.3 Å². The number of carbonyl (C=O) groups is 6. The van der Waals surface area contributed by atoms with E-state index in [9.17, 15) is 33.9 Å². The third-order valence-electron chi connectivity index (χ3n) is 7.22. The number of thioether (sulfide) groups is 1. The zero-order chi connectivity index (χ0) is 35.3. The Bertz CT molecular complexity index is 1320. The lowest BCUT2D eigenvalue weighted by Gasteiger charge is -2.26. The van der Waals surface area contributed by atoms with Gasteiger partial charge in [-0.15, -0.1) is 0 Å². The highest BCUT2D eigenvalue weighted by atomic mass is 32.2. The maximum Gasteiger partial charge on any atom is 0.408 e. The molecule has 4 atom stereocenters. The molecule has 5 amide bonds. The van der Waals surface area contributed by atoms with Crippen molar-refractivity contribution >= 4 is 48.0 Å². The third kappa shape index (κ3) is 15.3. The summed E-state index contributed by atoms with van der Waals surface area (Å²) in [5.74, 6) is -2.13. The molecule has 0 heterocycles. The van der Waals surface area contributed by atoms with E-state index in [1.807, 2.05) is 56.5 Å². The van der Waals surface area contributed by atoms with Gasteiger partial charge in [0.05, 0.1) is 0 Å². The molecule has 2 rings (SSSR count). The average molecular weight is 686 g/mol. The smallest absolute Gasteiger partial charge is 0.408 e. The SMILES string of the molecule is CSCC[C@H](NC=O)C(=O)N[C@@H](CC(C)C)C(=O)N[C@@H](Cc1ccccc1)C(=O)NCCC[C@H](NC(=O)OCc1ccccc1)C(=O)O. The quantitative estimate of drug-likeness (QED) is 0.0798. The number of hydrogen-bond donors (Lipinski definition) is 6. The van der Waals surface area contributed by atoms with Gasteiger partial charge in [-0.3, -0.25) is 19.2 Å². The predicted octanol–water partition coefficient (Wildman–Crippen LogP) is 2.39. The summed E-state index contributed by atoms with van der Waals surface area (Å²) in [6.07, 6.45) is 2.53. The number of benzene rings is 2. The van der Waals surface area contributed by atoms with Crippen molar-refractivity contribution in [3.05, 3.63) is 71.8 Å². The Hall–Kier alpha value is -4.59. The summed E-state index contributed by atoms with van der Waals surface area (Å²) in [5, 5.41) is 22.7. The molecule has 2 aromatic carbocycles. The minimum absolute atomic E-state index is 0.0144. The predicted molar refractivity (Wildman–Crippen MR) is 183 cm³/mol. The van der Waals surface area contributed by atoms with Gasteiger partial charge in [0.15, 0.2) is 0 Å². The van der Waals surface area contributed by atoms with Crippen molar-refractivity contribution in [2.45, 2.75) is 76.7 Å². The van der Waals surface area contributed by atoms with Crippen molar-refractivity contribution in [2.75, 3.05) is 18.6 Å². The molecule has 0 saturated heterocycles. The molecule has 0 saturated carbocycles. The van der Waals surface area contributed by atoms with Gasteiger partial charge in [-0.2, -0.15) is 11.8 Å². The molecule has 262 valence electrons. The van der Waals surface area contributed by atoms with Crippen LogP contribution in [0.4, 0.5) is 4.79 Å². The molecule has 0 aliphatic heterocycles. The number of rotatable bonds is 22. The highest BCUT2D eigenvalue weighted by Crippen LogP contribution is 2.10. The van der Waals surface area contributed by atoms with E-state index in [4.69, 9.17) is 4.74 Å². The van der Waals surface area contributed by atoms with E-state index in [-0.39, 0.29) is 38.3 Å². The zero-order valence-corrected chi connectivity index (χ0v) is 28.4. The molecule has 14 heteroatoms. The molecule has 0 radical (unpaired) electrons. The first kappa shape index (κ1) is 39.6. The third-order valence-corrected chi connectivity index (χ3v) is 7.87. The molecular weight excluding hydrogens is 638 g/mol. The van der Waals surface area contributed by atoms with Crippen LogP contribution in [0.25, 0.3) is 0 Å². The second kappa shape index (κ2) is 22.1. The van der Waals surface area contributed by atoms with Gasteiger partial charge in [0.25, 0.3) is 0 Å². The molecule has 6 N–H and O–H groups in total. The summed E-state index contributed by atoms with van der Waals surface area (Å²) in [4.78, 5) is 75.0. The lowest BCUT2D eigenvalue weighted by Crippen LogP contribution is -2.57. The van der Waals surface area contributed by atoms with Gasteiger partial charge in [0.1, 0.15) is 30.8 Å². The van der Waals surface area contributed by atoms with E-state index in [0.29, 0.717) is 25.0 Å². The Kier molecular flexibility index (Phi) is 18.2. The summed E-state index contributed by atoms with van der Waals surface area (Å²) >= 11 is 1.52. The molecule has 13 nitrogen and oxygen atoms in total. The second-order valence-corrected chi connectivity index (χ2v) is 12.6. The van der Waals surface area contributed by atoms with Crippen LogP contribution >= 0.6 is 11.8 Å². The lowest BCUT2D eigenvalue weighted by molar-refractivity contribution is -0.139. The molecule has 0 aliphatic carbocycles. The number of nitrogens with one attached hydrogen (secondary N) is 5. The Balaban J connectivity index is 2.03. The van der Waals surface area contributed by atoms with Crippen molar-refractivity contribution in [2.24, 2.45) is 5.92 Å². The number of amides is 5. The van der Waals surface area contributed by atoms with Crippen LogP contribution in [0.1, 0.15) is 50.7 Å². The normalized spacial score (nSPS) is 13.2. The molecule has 0 aromatic heterocycles. The number of carboxylic acids is 1. The van der Waals surface area contributed by atoms with Gasteiger partial charge in [-0.05, 0) is 54.7 Å². The molecule has 0 bridgehead atoms. The van der Waals surface area contributed by atoms with Crippen LogP contribution in [-0.4, -0.2) is 84.0 Å². The monoisotopic (exact) mass is 685 g/mol. The highest BCUT2D eigenvalue weighted by Gasteiger charge is 2.30. The van der Waals surface area contributed by atoms with Crippen molar-refractivity contribution in [1.29, 1.82) is 0 Å².